The fourth-order valence-corrected chi connectivity index (χ4v) is 2.93. The molecule has 0 fully saturated rings. The first-order chi connectivity index (χ1) is 11.9. The van der Waals surface area contributed by atoms with E-state index >= 15 is 0 Å². The minimum absolute atomic E-state index is 0.132. The zero-order chi connectivity index (χ0) is 18.4. The van der Waals surface area contributed by atoms with Crippen LogP contribution in [0.4, 0.5) is 0 Å². The number of rotatable bonds is 8. The molecule has 0 aliphatic heterocycles. The van der Waals surface area contributed by atoms with E-state index in [1.807, 2.05) is 44.2 Å². The Bertz CT molecular complexity index is 745. The van der Waals surface area contributed by atoms with Crippen LogP contribution in [0.2, 0.25) is 0 Å². The maximum Gasteiger partial charge on any atom is 0.317 e. The van der Waals surface area contributed by atoms with Crippen LogP contribution in [0.15, 0.2) is 42.5 Å². The van der Waals surface area contributed by atoms with Crippen LogP contribution in [-0.4, -0.2) is 41.0 Å². The molecule has 0 heterocycles. The average molecular weight is 342 g/mol. The summed E-state index contributed by atoms with van der Waals surface area (Å²) in [7, 11) is 0. The third-order valence-electron chi connectivity index (χ3n) is 4.41. The van der Waals surface area contributed by atoms with E-state index in [4.69, 9.17) is 5.11 Å². The Kier molecular flexibility index (Phi) is 6.53. The lowest BCUT2D eigenvalue weighted by atomic mass is 10.0. The standard InChI is InChI=1S/C20H26N2O3/c1-4-11-22(13-19(23)24)15(3)20(25)21-14(2)17-10-9-16-7-5-6-8-18(16)12-17/h5-10,12,14-15H,4,11,13H2,1-3H3,(H,21,25)(H,23,24). The summed E-state index contributed by atoms with van der Waals surface area (Å²) < 4.78 is 0. The predicted octanol–water partition coefficient (Wildman–Crippen LogP) is 3.20. The van der Waals surface area contributed by atoms with E-state index in [-0.39, 0.29) is 18.5 Å². The fraction of sp³-hybridized carbons (Fsp3) is 0.400. The van der Waals surface area contributed by atoms with Crippen LogP contribution in [0, 0.1) is 0 Å². The van der Waals surface area contributed by atoms with Crippen molar-refractivity contribution in [2.75, 3.05) is 13.1 Å². The maximum atomic E-state index is 12.5. The quantitative estimate of drug-likeness (QED) is 0.773. The van der Waals surface area contributed by atoms with Gasteiger partial charge in [-0.1, -0.05) is 43.3 Å². The van der Waals surface area contributed by atoms with Crippen LogP contribution in [0.1, 0.15) is 38.8 Å². The van der Waals surface area contributed by atoms with E-state index in [9.17, 15) is 9.59 Å². The molecule has 0 saturated carbocycles. The number of carbonyl (C=O) groups is 2. The summed E-state index contributed by atoms with van der Waals surface area (Å²) in [5, 5.41) is 14.3. The SMILES string of the molecule is CCCN(CC(=O)O)C(C)C(=O)NC(C)c1ccc2ccccc2c1. The van der Waals surface area contributed by atoms with Crippen molar-refractivity contribution in [2.24, 2.45) is 0 Å². The number of carboxylic acids is 1. The van der Waals surface area contributed by atoms with Gasteiger partial charge in [0.15, 0.2) is 0 Å². The molecule has 1 amide bonds. The van der Waals surface area contributed by atoms with Gasteiger partial charge < -0.3 is 10.4 Å². The number of hydrogen-bond acceptors (Lipinski definition) is 3. The first kappa shape index (κ1) is 18.9. The van der Waals surface area contributed by atoms with Gasteiger partial charge in [-0.2, -0.15) is 0 Å². The van der Waals surface area contributed by atoms with E-state index in [0.29, 0.717) is 6.54 Å². The Morgan fingerprint density at radius 2 is 1.80 bits per heavy atom. The number of hydrogen-bond donors (Lipinski definition) is 2. The van der Waals surface area contributed by atoms with Crippen molar-refractivity contribution in [3.05, 3.63) is 48.0 Å². The Morgan fingerprint density at radius 3 is 2.44 bits per heavy atom. The van der Waals surface area contributed by atoms with Crippen LogP contribution in [0.5, 0.6) is 0 Å². The monoisotopic (exact) mass is 342 g/mol. The van der Waals surface area contributed by atoms with Crippen molar-refractivity contribution in [2.45, 2.75) is 39.3 Å². The van der Waals surface area contributed by atoms with Gasteiger partial charge in [0, 0.05) is 0 Å². The molecular formula is C20H26N2O3. The van der Waals surface area contributed by atoms with Crippen molar-refractivity contribution in [3.8, 4) is 0 Å². The average Bonchev–Trinajstić information content (AvgIpc) is 2.59. The number of nitrogens with zero attached hydrogens (tertiary/aromatic N) is 1. The van der Waals surface area contributed by atoms with E-state index in [2.05, 4.69) is 17.4 Å². The zero-order valence-electron chi connectivity index (χ0n) is 15.0. The van der Waals surface area contributed by atoms with Crippen molar-refractivity contribution in [1.29, 1.82) is 0 Å². The minimum atomic E-state index is -0.921. The molecule has 2 aromatic rings. The zero-order valence-corrected chi connectivity index (χ0v) is 15.0. The van der Waals surface area contributed by atoms with Crippen LogP contribution < -0.4 is 5.32 Å². The predicted molar refractivity (Wildman–Crippen MR) is 99.5 cm³/mol. The van der Waals surface area contributed by atoms with Gasteiger partial charge >= 0.3 is 5.97 Å². The van der Waals surface area contributed by atoms with Gasteiger partial charge in [-0.3, -0.25) is 14.5 Å². The van der Waals surface area contributed by atoms with Gasteiger partial charge in [0.1, 0.15) is 0 Å². The summed E-state index contributed by atoms with van der Waals surface area (Å²) in [5.41, 5.74) is 1.03. The van der Waals surface area contributed by atoms with E-state index in [1.165, 1.54) is 0 Å². The van der Waals surface area contributed by atoms with Gasteiger partial charge in [-0.25, -0.2) is 0 Å². The van der Waals surface area contributed by atoms with Gasteiger partial charge in [-0.05, 0) is 49.2 Å². The molecule has 0 aliphatic rings. The highest BCUT2D eigenvalue weighted by Gasteiger charge is 2.24. The maximum absolute atomic E-state index is 12.5. The number of aliphatic carboxylic acids is 1. The van der Waals surface area contributed by atoms with Crippen LogP contribution in [0.3, 0.4) is 0 Å². The molecule has 2 atom stereocenters. The number of carboxylic acid groups (broad SMARTS) is 1. The number of carbonyl (C=O) groups excluding carboxylic acids is 1. The third-order valence-corrected chi connectivity index (χ3v) is 4.41. The lowest BCUT2D eigenvalue weighted by Crippen LogP contribution is -2.47. The molecule has 0 saturated heterocycles. The molecule has 0 aromatic heterocycles. The molecule has 0 bridgehead atoms. The van der Waals surface area contributed by atoms with E-state index in [0.717, 1.165) is 22.8 Å². The third kappa shape index (κ3) is 5.03. The van der Waals surface area contributed by atoms with Crippen LogP contribution in [-0.2, 0) is 9.59 Å². The molecule has 2 unspecified atom stereocenters. The highest BCUT2D eigenvalue weighted by atomic mass is 16.4. The molecule has 25 heavy (non-hydrogen) atoms. The number of amides is 1. The van der Waals surface area contributed by atoms with Crippen molar-refractivity contribution in [3.63, 3.8) is 0 Å². The minimum Gasteiger partial charge on any atom is -0.480 e. The summed E-state index contributed by atoms with van der Waals surface area (Å²) in [6.07, 6.45) is 0.797. The van der Waals surface area contributed by atoms with Crippen molar-refractivity contribution in [1.82, 2.24) is 10.2 Å². The normalized spacial score (nSPS) is 13.6. The topological polar surface area (TPSA) is 69.6 Å². The van der Waals surface area contributed by atoms with E-state index in [1.54, 1.807) is 11.8 Å². The second-order valence-corrected chi connectivity index (χ2v) is 6.38. The van der Waals surface area contributed by atoms with Crippen molar-refractivity contribution >= 4 is 22.6 Å². The molecular weight excluding hydrogens is 316 g/mol. The molecule has 5 nitrogen and oxygen atoms in total. The Hall–Kier alpha value is -2.40. The number of benzene rings is 2. The second-order valence-electron chi connectivity index (χ2n) is 6.38. The lowest BCUT2D eigenvalue weighted by Gasteiger charge is -2.27. The first-order valence-electron chi connectivity index (χ1n) is 8.67. The molecule has 134 valence electrons. The van der Waals surface area contributed by atoms with Gasteiger partial charge in [0.2, 0.25) is 5.91 Å². The summed E-state index contributed by atoms with van der Waals surface area (Å²) in [6, 6.07) is 13.6. The highest BCUT2D eigenvalue weighted by molar-refractivity contribution is 5.84. The molecule has 5 heteroatoms. The fourth-order valence-electron chi connectivity index (χ4n) is 2.93. The lowest BCUT2D eigenvalue weighted by molar-refractivity contribution is -0.139. The highest BCUT2D eigenvalue weighted by Crippen LogP contribution is 2.20. The molecule has 0 radical (unpaired) electrons. The van der Waals surface area contributed by atoms with Gasteiger partial charge in [-0.15, -0.1) is 0 Å². The number of fused-ring (bicyclic) bond motifs is 1. The first-order valence-corrected chi connectivity index (χ1v) is 8.67. The summed E-state index contributed by atoms with van der Waals surface area (Å²) >= 11 is 0. The molecule has 0 aliphatic carbocycles. The van der Waals surface area contributed by atoms with Crippen molar-refractivity contribution < 1.29 is 14.7 Å². The summed E-state index contributed by atoms with van der Waals surface area (Å²) in [6.45, 7) is 6.10. The van der Waals surface area contributed by atoms with E-state index < -0.39 is 12.0 Å². The van der Waals surface area contributed by atoms with Gasteiger partial charge in [0.25, 0.3) is 0 Å². The summed E-state index contributed by atoms with van der Waals surface area (Å²) in [4.78, 5) is 25.2. The Balaban J connectivity index is 2.07. The molecule has 2 aromatic carbocycles. The van der Waals surface area contributed by atoms with Gasteiger partial charge in [0.05, 0.1) is 18.6 Å². The Morgan fingerprint density at radius 1 is 1.12 bits per heavy atom. The Labute approximate surface area is 148 Å². The smallest absolute Gasteiger partial charge is 0.317 e. The largest absolute Gasteiger partial charge is 0.480 e. The second kappa shape index (κ2) is 8.62. The van der Waals surface area contributed by atoms with Crippen LogP contribution in [0.25, 0.3) is 10.8 Å². The molecule has 2 N–H and O–H groups in total. The number of nitrogens with one attached hydrogen (secondary N) is 1. The summed E-state index contributed by atoms with van der Waals surface area (Å²) in [5.74, 6) is -1.08. The van der Waals surface area contributed by atoms with Crippen LogP contribution >= 0.6 is 0 Å². The molecule has 2 rings (SSSR count). The molecule has 0 spiro atoms.